The standard InChI is InChI=1S/C17H18ClNO2/c1-21-16-9-7-14(8-10-16)17(20)19-15(12-18)11-13-5-3-2-4-6-13/h2-10,15H,11-12H2,1H3,(H,19,20)/t15-/m0/s1. The highest BCUT2D eigenvalue weighted by molar-refractivity contribution is 6.18. The lowest BCUT2D eigenvalue weighted by Crippen LogP contribution is -2.37. The molecule has 0 heterocycles. The van der Waals surface area contributed by atoms with Crippen LogP contribution in [0.4, 0.5) is 0 Å². The third-order valence-corrected chi connectivity index (χ3v) is 3.57. The summed E-state index contributed by atoms with van der Waals surface area (Å²) in [7, 11) is 1.60. The summed E-state index contributed by atoms with van der Waals surface area (Å²) in [5, 5.41) is 2.96. The second-order valence-electron chi connectivity index (χ2n) is 4.74. The lowest BCUT2D eigenvalue weighted by molar-refractivity contribution is 0.0940. The fourth-order valence-corrected chi connectivity index (χ4v) is 2.24. The van der Waals surface area contributed by atoms with Crippen molar-refractivity contribution in [3.8, 4) is 5.75 Å². The topological polar surface area (TPSA) is 38.3 Å². The Kier molecular flexibility index (Phi) is 5.64. The van der Waals surface area contributed by atoms with Gasteiger partial charge in [0, 0.05) is 17.5 Å². The van der Waals surface area contributed by atoms with Gasteiger partial charge in [0.2, 0.25) is 0 Å². The molecular weight excluding hydrogens is 286 g/mol. The summed E-state index contributed by atoms with van der Waals surface area (Å²) in [6, 6.07) is 16.9. The Morgan fingerprint density at radius 2 is 1.81 bits per heavy atom. The van der Waals surface area contributed by atoms with Crippen molar-refractivity contribution in [3.05, 3.63) is 65.7 Å². The fraction of sp³-hybridized carbons (Fsp3) is 0.235. The maximum atomic E-state index is 12.2. The largest absolute Gasteiger partial charge is 0.497 e. The monoisotopic (exact) mass is 303 g/mol. The molecule has 0 spiro atoms. The van der Waals surface area contributed by atoms with Crippen molar-refractivity contribution in [1.29, 1.82) is 0 Å². The summed E-state index contributed by atoms with van der Waals surface area (Å²) in [6.45, 7) is 0. The normalized spacial score (nSPS) is 11.7. The van der Waals surface area contributed by atoms with E-state index in [1.54, 1.807) is 31.4 Å². The zero-order valence-electron chi connectivity index (χ0n) is 11.9. The van der Waals surface area contributed by atoms with Gasteiger partial charge in [0.15, 0.2) is 0 Å². The molecule has 0 saturated heterocycles. The van der Waals surface area contributed by atoms with E-state index in [1.807, 2.05) is 30.3 Å². The number of carbonyl (C=O) groups excluding carboxylic acids is 1. The van der Waals surface area contributed by atoms with Crippen LogP contribution in [0.2, 0.25) is 0 Å². The highest BCUT2D eigenvalue weighted by Gasteiger charge is 2.13. The molecule has 4 heteroatoms. The number of hydrogen-bond donors (Lipinski definition) is 1. The number of amides is 1. The van der Waals surface area contributed by atoms with E-state index < -0.39 is 0 Å². The molecule has 0 aliphatic heterocycles. The number of rotatable bonds is 6. The van der Waals surface area contributed by atoms with Gasteiger partial charge in [-0.2, -0.15) is 0 Å². The van der Waals surface area contributed by atoms with Crippen molar-refractivity contribution in [2.75, 3.05) is 13.0 Å². The Hall–Kier alpha value is -2.00. The first-order valence-electron chi connectivity index (χ1n) is 6.77. The lowest BCUT2D eigenvalue weighted by Gasteiger charge is -2.16. The second kappa shape index (κ2) is 7.70. The molecule has 0 aliphatic carbocycles. The average Bonchev–Trinajstić information content (AvgIpc) is 2.55. The number of alkyl halides is 1. The van der Waals surface area contributed by atoms with Gasteiger partial charge in [-0.1, -0.05) is 30.3 Å². The van der Waals surface area contributed by atoms with Crippen LogP contribution in [0.15, 0.2) is 54.6 Å². The zero-order chi connectivity index (χ0) is 15.1. The number of benzene rings is 2. The maximum Gasteiger partial charge on any atom is 0.251 e. The lowest BCUT2D eigenvalue weighted by atomic mass is 10.1. The van der Waals surface area contributed by atoms with E-state index in [-0.39, 0.29) is 11.9 Å². The minimum atomic E-state index is -0.126. The van der Waals surface area contributed by atoms with Crippen molar-refractivity contribution in [1.82, 2.24) is 5.32 Å². The zero-order valence-corrected chi connectivity index (χ0v) is 12.6. The van der Waals surface area contributed by atoms with Crippen LogP contribution in [0, 0.1) is 0 Å². The summed E-state index contributed by atoms with van der Waals surface area (Å²) in [5.41, 5.74) is 1.75. The summed E-state index contributed by atoms with van der Waals surface area (Å²) in [5.74, 6) is 0.973. The van der Waals surface area contributed by atoms with Crippen molar-refractivity contribution >= 4 is 17.5 Å². The Balaban J connectivity index is 1.98. The Morgan fingerprint density at radius 3 is 2.38 bits per heavy atom. The number of carbonyl (C=O) groups is 1. The molecule has 1 atom stereocenters. The third kappa shape index (κ3) is 4.50. The molecule has 110 valence electrons. The van der Waals surface area contributed by atoms with Crippen LogP contribution in [0.25, 0.3) is 0 Å². The number of hydrogen-bond acceptors (Lipinski definition) is 2. The van der Waals surface area contributed by atoms with Gasteiger partial charge in [0.05, 0.1) is 7.11 Å². The second-order valence-corrected chi connectivity index (χ2v) is 5.05. The van der Waals surface area contributed by atoms with E-state index >= 15 is 0 Å². The predicted octanol–water partition coefficient (Wildman–Crippen LogP) is 3.28. The van der Waals surface area contributed by atoms with E-state index in [9.17, 15) is 4.79 Å². The Labute approximate surface area is 129 Å². The maximum absolute atomic E-state index is 12.2. The van der Waals surface area contributed by atoms with Gasteiger partial charge in [-0.3, -0.25) is 4.79 Å². The average molecular weight is 304 g/mol. The SMILES string of the molecule is COc1ccc(C(=O)N[C@H](CCl)Cc2ccccc2)cc1. The van der Waals surface area contributed by atoms with Crippen LogP contribution in [0.5, 0.6) is 5.75 Å². The van der Waals surface area contributed by atoms with Crippen molar-refractivity contribution < 1.29 is 9.53 Å². The molecule has 2 aromatic carbocycles. The van der Waals surface area contributed by atoms with Crippen LogP contribution in [0.1, 0.15) is 15.9 Å². The Bertz CT molecular complexity index is 569. The van der Waals surface area contributed by atoms with E-state index in [2.05, 4.69) is 5.32 Å². The molecule has 2 rings (SSSR count). The molecule has 1 N–H and O–H groups in total. The molecule has 1 amide bonds. The number of ether oxygens (including phenoxy) is 1. The molecular formula is C17H18ClNO2. The van der Waals surface area contributed by atoms with Gasteiger partial charge >= 0.3 is 0 Å². The fourth-order valence-electron chi connectivity index (χ4n) is 2.05. The molecule has 3 nitrogen and oxygen atoms in total. The third-order valence-electron chi connectivity index (χ3n) is 3.20. The van der Waals surface area contributed by atoms with Gasteiger partial charge < -0.3 is 10.1 Å². The molecule has 0 radical (unpaired) electrons. The van der Waals surface area contributed by atoms with Gasteiger partial charge in [-0.05, 0) is 36.2 Å². The predicted molar refractivity (Wildman–Crippen MR) is 85.1 cm³/mol. The molecule has 0 bridgehead atoms. The molecule has 0 unspecified atom stereocenters. The first kappa shape index (κ1) is 15.4. The van der Waals surface area contributed by atoms with Crippen LogP contribution < -0.4 is 10.1 Å². The minimum Gasteiger partial charge on any atom is -0.497 e. The van der Waals surface area contributed by atoms with Crippen LogP contribution in [0.3, 0.4) is 0 Å². The van der Waals surface area contributed by atoms with E-state index in [0.29, 0.717) is 17.9 Å². The van der Waals surface area contributed by atoms with Crippen molar-refractivity contribution in [2.45, 2.75) is 12.5 Å². The summed E-state index contributed by atoms with van der Waals surface area (Å²) in [6.07, 6.45) is 0.715. The Morgan fingerprint density at radius 1 is 1.14 bits per heavy atom. The highest BCUT2D eigenvalue weighted by atomic mass is 35.5. The van der Waals surface area contributed by atoms with E-state index in [4.69, 9.17) is 16.3 Å². The minimum absolute atomic E-state index is 0.0938. The van der Waals surface area contributed by atoms with Crippen LogP contribution >= 0.6 is 11.6 Å². The molecule has 0 saturated carbocycles. The summed E-state index contributed by atoms with van der Waals surface area (Å²) >= 11 is 5.96. The van der Waals surface area contributed by atoms with E-state index in [0.717, 1.165) is 11.3 Å². The van der Waals surface area contributed by atoms with Gasteiger partial charge in [0.25, 0.3) is 5.91 Å². The number of nitrogens with one attached hydrogen (secondary N) is 1. The van der Waals surface area contributed by atoms with Gasteiger partial charge in [-0.15, -0.1) is 11.6 Å². The van der Waals surface area contributed by atoms with Gasteiger partial charge in [0.1, 0.15) is 5.75 Å². The number of methoxy groups -OCH3 is 1. The number of halogens is 1. The molecule has 0 aromatic heterocycles. The first-order chi connectivity index (χ1) is 10.2. The van der Waals surface area contributed by atoms with E-state index in [1.165, 1.54) is 0 Å². The summed E-state index contributed by atoms with van der Waals surface area (Å²) in [4.78, 5) is 12.2. The van der Waals surface area contributed by atoms with Crippen LogP contribution in [-0.4, -0.2) is 24.9 Å². The summed E-state index contributed by atoms with van der Waals surface area (Å²) < 4.78 is 5.08. The quantitative estimate of drug-likeness (QED) is 0.832. The smallest absolute Gasteiger partial charge is 0.251 e. The van der Waals surface area contributed by atoms with Gasteiger partial charge in [-0.25, -0.2) is 0 Å². The highest BCUT2D eigenvalue weighted by Crippen LogP contribution is 2.12. The molecule has 0 aliphatic rings. The molecule has 21 heavy (non-hydrogen) atoms. The van der Waals surface area contributed by atoms with Crippen LogP contribution in [-0.2, 0) is 6.42 Å². The molecule has 2 aromatic rings. The van der Waals surface area contributed by atoms with Crippen molar-refractivity contribution in [3.63, 3.8) is 0 Å². The first-order valence-corrected chi connectivity index (χ1v) is 7.31. The molecule has 0 fully saturated rings. The van der Waals surface area contributed by atoms with Crippen molar-refractivity contribution in [2.24, 2.45) is 0 Å².